The highest BCUT2D eigenvalue weighted by atomic mass is 19.4. The van der Waals surface area contributed by atoms with Gasteiger partial charge in [0, 0.05) is 19.2 Å². The first-order valence-corrected chi connectivity index (χ1v) is 5.97. The quantitative estimate of drug-likeness (QED) is 0.766. The normalized spacial score (nSPS) is 25.1. The summed E-state index contributed by atoms with van der Waals surface area (Å²) in [4.78, 5) is 12.1. The van der Waals surface area contributed by atoms with Crippen molar-refractivity contribution in [2.24, 2.45) is 18.9 Å². The van der Waals surface area contributed by atoms with Crippen LogP contribution in [0.15, 0.2) is 12.4 Å². The fourth-order valence-corrected chi connectivity index (χ4v) is 2.51. The minimum atomic E-state index is -4.19. The standard InChI is InChI=1S/C12H15F3N2O/c1-17-7-9(6-16-17)11(18)8-3-2-4-10(5-8)12(13,14)15/h6-8,10H,2-5H2,1H3. The van der Waals surface area contributed by atoms with Crippen LogP contribution in [0.5, 0.6) is 0 Å². The average molecular weight is 260 g/mol. The molecule has 3 nitrogen and oxygen atoms in total. The Morgan fingerprint density at radius 2 is 2.17 bits per heavy atom. The summed E-state index contributed by atoms with van der Waals surface area (Å²) in [6, 6.07) is 0. The van der Waals surface area contributed by atoms with Crippen LogP contribution in [0.3, 0.4) is 0 Å². The highest BCUT2D eigenvalue weighted by molar-refractivity contribution is 5.97. The molecule has 1 saturated carbocycles. The van der Waals surface area contributed by atoms with Gasteiger partial charge in [-0.1, -0.05) is 6.42 Å². The van der Waals surface area contributed by atoms with Crippen LogP contribution in [0.2, 0.25) is 0 Å². The van der Waals surface area contributed by atoms with Gasteiger partial charge in [0.25, 0.3) is 0 Å². The summed E-state index contributed by atoms with van der Waals surface area (Å²) < 4.78 is 39.5. The fraction of sp³-hybridized carbons (Fsp3) is 0.667. The second kappa shape index (κ2) is 4.74. The van der Waals surface area contributed by atoms with Gasteiger partial charge in [-0.15, -0.1) is 0 Å². The third-order valence-electron chi connectivity index (χ3n) is 3.50. The van der Waals surface area contributed by atoms with Gasteiger partial charge in [0.2, 0.25) is 0 Å². The Morgan fingerprint density at radius 1 is 1.44 bits per heavy atom. The van der Waals surface area contributed by atoms with E-state index < -0.39 is 18.0 Å². The van der Waals surface area contributed by atoms with Crippen molar-refractivity contribution >= 4 is 5.78 Å². The fourth-order valence-electron chi connectivity index (χ4n) is 2.51. The SMILES string of the molecule is Cn1cc(C(=O)C2CCCC(C(F)(F)F)C2)cn1. The molecule has 0 radical (unpaired) electrons. The number of hydrogen-bond acceptors (Lipinski definition) is 2. The second-order valence-electron chi connectivity index (χ2n) is 4.87. The number of rotatable bonds is 2. The number of alkyl halides is 3. The number of Topliss-reactive ketones (excluding diaryl/α,β-unsaturated/α-hetero) is 1. The Bertz CT molecular complexity index is 439. The first-order valence-electron chi connectivity index (χ1n) is 5.97. The maximum Gasteiger partial charge on any atom is 0.391 e. The van der Waals surface area contributed by atoms with Gasteiger partial charge < -0.3 is 0 Å². The molecule has 6 heteroatoms. The van der Waals surface area contributed by atoms with Gasteiger partial charge in [-0.25, -0.2) is 0 Å². The largest absolute Gasteiger partial charge is 0.391 e. The van der Waals surface area contributed by atoms with Gasteiger partial charge in [0.1, 0.15) is 0 Å². The molecule has 18 heavy (non-hydrogen) atoms. The number of carbonyl (C=O) groups is 1. The molecule has 1 aliphatic carbocycles. The summed E-state index contributed by atoms with van der Waals surface area (Å²) in [5.74, 6) is -2.07. The molecule has 0 aromatic carbocycles. The van der Waals surface area contributed by atoms with Crippen LogP contribution < -0.4 is 0 Å². The number of halogens is 3. The molecule has 0 bridgehead atoms. The molecular formula is C12H15F3N2O. The number of aryl methyl sites for hydroxylation is 1. The van der Waals surface area contributed by atoms with Crippen LogP contribution >= 0.6 is 0 Å². The molecule has 0 spiro atoms. The highest BCUT2D eigenvalue weighted by Crippen LogP contribution is 2.40. The Hall–Kier alpha value is -1.33. The van der Waals surface area contributed by atoms with E-state index in [1.54, 1.807) is 13.2 Å². The summed E-state index contributed by atoms with van der Waals surface area (Å²) in [5.41, 5.74) is 0.408. The molecule has 0 saturated heterocycles. The van der Waals surface area contributed by atoms with Gasteiger partial charge in [0.15, 0.2) is 5.78 Å². The van der Waals surface area contributed by atoms with E-state index in [0.29, 0.717) is 18.4 Å². The number of aromatic nitrogens is 2. The van der Waals surface area contributed by atoms with Crippen LogP contribution in [0, 0.1) is 11.8 Å². The molecule has 0 aliphatic heterocycles. The number of ketones is 1. The molecule has 2 rings (SSSR count). The summed E-state index contributed by atoms with van der Waals surface area (Å²) in [7, 11) is 1.68. The van der Waals surface area contributed by atoms with Crippen molar-refractivity contribution in [3.8, 4) is 0 Å². The molecule has 0 amide bonds. The Morgan fingerprint density at radius 3 is 2.72 bits per heavy atom. The van der Waals surface area contributed by atoms with Crippen molar-refractivity contribution in [2.45, 2.75) is 31.9 Å². The molecule has 2 atom stereocenters. The van der Waals surface area contributed by atoms with E-state index in [2.05, 4.69) is 5.10 Å². The van der Waals surface area contributed by atoms with Crippen molar-refractivity contribution in [2.75, 3.05) is 0 Å². The maximum absolute atomic E-state index is 12.7. The number of nitrogens with zero attached hydrogens (tertiary/aromatic N) is 2. The lowest BCUT2D eigenvalue weighted by atomic mass is 9.78. The van der Waals surface area contributed by atoms with Gasteiger partial charge >= 0.3 is 6.18 Å². The molecule has 1 aliphatic rings. The van der Waals surface area contributed by atoms with E-state index in [-0.39, 0.29) is 18.6 Å². The minimum absolute atomic E-state index is 0.0861. The zero-order valence-electron chi connectivity index (χ0n) is 10.1. The first kappa shape index (κ1) is 13.1. The number of hydrogen-bond donors (Lipinski definition) is 0. The van der Waals surface area contributed by atoms with Crippen molar-refractivity contribution in [1.29, 1.82) is 0 Å². The Kier molecular flexibility index (Phi) is 3.45. The van der Waals surface area contributed by atoms with Crippen molar-refractivity contribution in [3.63, 3.8) is 0 Å². The predicted octanol–water partition coefficient (Wildman–Crippen LogP) is 2.97. The average Bonchev–Trinajstić information content (AvgIpc) is 2.74. The third kappa shape index (κ3) is 2.73. The van der Waals surface area contributed by atoms with E-state index in [4.69, 9.17) is 0 Å². The van der Waals surface area contributed by atoms with Crippen LogP contribution in [0.1, 0.15) is 36.0 Å². The Labute approximate surface area is 103 Å². The maximum atomic E-state index is 12.7. The van der Waals surface area contributed by atoms with Gasteiger partial charge in [-0.3, -0.25) is 9.48 Å². The predicted molar refractivity (Wildman–Crippen MR) is 59.0 cm³/mol. The van der Waals surface area contributed by atoms with Crippen LogP contribution in [0.25, 0.3) is 0 Å². The summed E-state index contributed by atoms with van der Waals surface area (Å²) in [6.45, 7) is 0. The summed E-state index contributed by atoms with van der Waals surface area (Å²) in [5, 5.41) is 3.87. The van der Waals surface area contributed by atoms with Gasteiger partial charge in [-0.2, -0.15) is 18.3 Å². The van der Waals surface area contributed by atoms with E-state index in [0.717, 1.165) is 0 Å². The van der Waals surface area contributed by atoms with Gasteiger partial charge in [-0.05, 0) is 19.3 Å². The Balaban J connectivity index is 2.07. The molecule has 1 heterocycles. The van der Waals surface area contributed by atoms with E-state index in [9.17, 15) is 18.0 Å². The minimum Gasteiger partial charge on any atom is -0.294 e. The zero-order valence-corrected chi connectivity index (χ0v) is 10.1. The third-order valence-corrected chi connectivity index (χ3v) is 3.50. The molecule has 1 aromatic rings. The second-order valence-corrected chi connectivity index (χ2v) is 4.87. The van der Waals surface area contributed by atoms with Crippen LogP contribution in [0.4, 0.5) is 13.2 Å². The first-order chi connectivity index (χ1) is 8.38. The molecule has 0 N–H and O–H groups in total. The van der Waals surface area contributed by atoms with Crippen molar-refractivity contribution < 1.29 is 18.0 Å². The monoisotopic (exact) mass is 260 g/mol. The molecule has 1 aromatic heterocycles. The smallest absolute Gasteiger partial charge is 0.294 e. The highest BCUT2D eigenvalue weighted by Gasteiger charge is 2.43. The van der Waals surface area contributed by atoms with Gasteiger partial charge in [0.05, 0.1) is 17.7 Å². The van der Waals surface area contributed by atoms with Crippen LogP contribution in [-0.2, 0) is 7.05 Å². The van der Waals surface area contributed by atoms with E-state index >= 15 is 0 Å². The lowest BCUT2D eigenvalue weighted by Crippen LogP contribution is -2.31. The lowest BCUT2D eigenvalue weighted by molar-refractivity contribution is -0.184. The zero-order chi connectivity index (χ0) is 13.3. The van der Waals surface area contributed by atoms with Crippen molar-refractivity contribution in [3.05, 3.63) is 18.0 Å². The van der Waals surface area contributed by atoms with Crippen molar-refractivity contribution in [1.82, 2.24) is 9.78 Å². The number of carbonyl (C=O) groups excluding carboxylic acids is 1. The molecular weight excluding hydrogens is 245 g/mol. The van der Waals surface area contributed by atoms with E-state index in [1.807, 2.05) is 0 Å². The van der Waals surface area contributed by atoms with Crippen LogP contribution in [-0.4, -0.2) is 21.7 Å². The lowest BCUT2D eigenvalue weighted by Gasteiger charge is -2.29. The summed E-state index contributed by atoms with van der Waals surface area (Å²) in [6.07, 6.45) is -0.161. The summed E-state index contributed by atoms with van der Waals surface area (Å²) >= 11 is 0. The molecule has 2 unspecified atom stereocenters. The molecule has 1 fully saturated rings. The molecule has 100 valence electrons. The topological polar surface area (TPSA) is 34.9 Å². The van der Waals surface area contributed by atoms with E-state index in [1.165, 1.54) is 10.9 Å².